The fourth-order valence-electron chi connectivity index (χ4n) is 7.57. The molecule has 0 radical (unpaired) electrons. The predicted octanol–water partition coefficient (Wildman–Crippen LogP) is 5.12. The first-order valence-corrected chi connectivity index (χ1v) is 15.7. The zero-order valence-electron chi connectivity index (χ0n) is 27.8. The predicted molar refractivity (Wildman–Crippen MR) is 164 cm³/mol. The molecule has 50 heavy (non-hydrogen) atoms. The molecule has 9 atom stereocenters. The standard InChI is InChI=1S/C35H40F6O9/c1-20-16-25(50-29(45)33(48-5,35(39,40)41)23-14-10-7-11-15-23)17-24-18-26(42)31(46,27(43)30(20,24)3)21(2)19-49-28(44)32(47-4,34(36,37)38)22-12-8-6-9-13-22/h6-15,20,24-27,42-43,46H,2,16-19H2,1,3-5H3/t20-,24+,25+,26-,27-,30+,31+,32+,33+/m0/s1. The highest BCUT2D eigenvalue weighted by Gasteiger charge is 2.67. The van der Waals surface area contributed by atoms with Crippen LogP contribution in [0.1, 0.15) is 44.2 Å². The van der Waals surface area contributed by atoms with Crippen molar-refractivity contribution in [1.82, 2.24) is 0 Å². The lowest BCUT2D eigenvalue weighted by Crippen LogP contribution is -2.69. The van der Waals surface area contributed by atoms with Crippen LogP contribution in [0.4, 0.5) is 26.3 Å². The highest BCUT2D eigenvalue weighted by molar-refractivity contribution is 5.83. The maximum atomic E-state index is 14.5. The summed E-state index contributed by atoms with van der Waals surface area (Å²) < 4.78 is 106. The Kier molecular flexibility index (Phi) is 10.9. The Hall–Kier alpha value is -3.50. The monoisotopic (exact) mass is 718 g/mol. The van der Waals surface area contributed by atoms with Gasteiger partial charge in [0.15, 0.2) is 0 Å². The molecule has 3 N–H and O–H groups in total. The molecule has 2 aliphatic rings. The van der Waals surface area contributed by atoms with E-state index in [1.54, 1.807) is 13.8 Å². The van der Waals surface area contributed by atoms with E-state index in [0.29, 0.717) is 7.11 Å². The molecule has 2 aromatic carbocycles. The first-order valence-electron chi connectivity index (χ1n) is 15.7. The van der Waals surface area contributed by atoms with Gasteiger partial charge in [-0.15, -0.1) is 0 Å². The molecule has 9 nitrogen and oxygen atoms in total. The molecule has 4 rings (SSSR count). The van der Waals surface area contributed by atoms with E-state index in [2.05, 4.69) is 6.58 Å². The van der Waals surface area contributed by atoms with Gasteiger partial charge >= 0.3 is 24.3 Å². The normalized spacial score (nSPS) is 31.0. The van der Waals surface area contributed by atoms with Crippen molar-refractivity contribution in [2.75, 3.05) is 20.8 Å². The fraction of sp³-hybridized carbons (Fsp3) is 0.543. The summed E-state index contributed by atoms with van der Waals surface area (Å²) in [5.74, 6) is -5.00. The summed E-state index contributed by atoms with van der Waals surface area (Å²) in [5.41, 5.74) is -12.5. The summed E-state index contributed by atoms with van der Waals surface area (Å²) in [7, 11) is 1.41. The summed E-state index contributed by atoms with van der Waals surface area (Å²) in [6, 6.07) is 12.2. The van der Waals surface area contributed by atoms with E-state index in [4.69, 9.17) is 18.9 Å². The second-order valence-electron chi connectivity index (χ2n) is 13.1. The molecule has 2 aromatic rings. The number of carbonyl (C=O) groups is 2. The van der Waals surface area contributed by atoms with Crippen molar-refractivity contribution >= 4 is 11.9 Å². The summed E-state index contributed by atoms with van der Waals surface area (Å²) in [6.07, 6.45) is -15.8. The van der Waals surface area contributed by atoms with E-state index < -0.39 is 100.0 Å². The number of halogens is 6. The van der Waals surface area contributed by atoms with Crippen LogP contribution in [-0.2, 0) is 39.7 Å². The molecule has 0 spiro atoms. The van der Waals surface area contributed by atoms with Crippen molar-refractivity contribution in [3.8, 4) is 0 Å². The molecule has 15 heteroatoms. The minimum atomic E-state index is -5.29. The number of esters is 2. The number of fused-ring (bicyclic) bond motifs is 1. The number of methoxy groups -OCH3 is 2. The number of hydrogen-bond donors (Lipinski definition) is 3. The van der Waals surface area contributed by atoms with Gasteiger partial charge in [-0.1, -0.05) is 81.1 Å². The van der Waals surface area contributed by atoms with Crippen LogP contribution in [0.2, 0.25) is 0 Å². The van der Waals surface area contributed by atoms with Crippen LogP contribution in [0.5, 0.6) is 0 Å². The van der Waals surface area contributed by atoms with Gasteiger partial charge in [0.2, 0.25) is 0 Å². The Morgan fingerprint density at radius 1 is 0.820 bits per heavy atom. The number of aliphatic hydroxyl groups is 3. The van der Waals surface area contributed by atoms with Crippen molar-refractivity contribution in [2.24, 2.45) is 17.3 Å². The van der Waals surface area contributed by atoms with Gasteiger partial charge < -0.3 is 34.3 Å². The first-order chi connectivity index (χ1) is 23.2. The summed E-state index contributed by atoms with van der Waals surface area (Å²) >= 11 is 0. The number of hydrogen-bond acceptors (Lipinski definition) is 9. The number of rotatable bonds is 10. The van der Waals surface area contributed by atoms with Gasteiger partial charge in [-0.25, -0.2) is 9.59 Å². The molecule has 2 saturated carbocycles. The van der Waals surface area contributed by atoms with E-state index in [1.807, 2.05) is 0 Å². The Labute approximate surface area is 284 Å². The largest absolute Gasteiger partial charge is 0.460 e. The van der Waals surface area contributed by atoms with Crippen LogP contribution in [0, 0.1) is 17.3 Å². The number of carbonyl (C=O) groups excluding carboxylic acids is 2. The lowest BCUT2D eigenvalue weighted by atomic mass is 9.49. The zero-order valence-corrected chi connectivity index (χ0v) is 27.8. The van der Waals surface area contributed by atoms with Crippen LogP contribution in [0.3, 0.4) is 0 Å². The Morgan fingerprint density at radius 2 is 1.28 bits per heavy atom. The minimum Gasteiger partial charge on any atom is -0.460 e. The van der Waals surface area contributed by atoms with E-state index in [1.165, 1.54) is 36.4 Å². The van der Waals surface area contributed by atoms with Gasteiger partial charge in [0.1, 0.15) is 18.3 Å². The number of ether oxygens (including phenoxy) is 4. The molecular weight excluding hydrogens is 678 g/mol. The van der Waals surface area contributed by atoms with Crippen LogP contribution >= 0.6 is 0 Å². The molecule has 0 heterocycles. The molecule has 0 unspecified atom stereocenters. The Morgan fingerprint density at radius 3 is 1.72 bits per heavy atom. The van der Waals surface area contributed by atoms with Crippen LogP contribution in [-0.4, -0.2) is 84.4 Å². The Balaban J connectivity index is 1.55. The van der Waals surface area contributed by atoms with Gasteiger partial charge in [0.05, 0.1) is 12.2 Å². The summed E-state index contributed by atoms with van der Waals surface area (Å²) in [4.78, 5) is 26.4. The smallest absolute Gasteiger partial charge is 0.432 e. The van der Waals surface area contributed by atoms with Crippen molar-refractivity contribution in [3.05, 3.63) is 83.9 Å². The van der Waals surface area contributed by atoms with Crippen molar-refractivity contribution in [1.29, 1.82) is 0 Å². The van der Waals surface area contributed by atoms with Crippen molar-refractivity contribution in [3.63, 3.8) is 0 Å². The zero-order chi connectivity index (χ0) is 37.5. The molecule has 2 aliphatic carbocycles. The molecule has 0 aromatic heterocycles. The quantitative estimate of drug-likeness (QED) is 0.174. The lowest BCUT2D eigenvalue weighted by Gasteiger charge is -2.60. The van der Waals surface area contributed by atoms with Gasteiger partial charge in [0.25, 0.3) is 11.2 Å². The SMILES string of the molecule is C=C(COC(=O)[C@](OC)(c1ccccc1)C(F)(F)F)[C@]1(O)[C@@H](O)[C@@]2(C)[C@H](C[C@H](OC(=O)[C@](OC)(c3ccccc3)C(F)(F)F)C[C@@H]2C)C[C@@H]1O. The van der Waals surface area contributed by atoms with E-state index in [0.717, 1.165) is 31.4 Å². The summed E-state index contributed by atoms with van der Waals surface area (Å²) in [5, 5.41) is 34.6. The molecule has 0 saturated heterocycles. The third kappa shape index (κ3) is 6.10. The average molecular weight is 719 g/mol. The second-order valence-corrected chi connectivity index (χ2v) is 13.1. The number of alkyl halides is 6. The van der Waals surface area contributed by atoms with Crippen molar-refractivity contribution in [2.45, 2.75) is 80.6 Å². The minimum absolute atomic E-state index is 0.0745. The molecular formula is C35H40F6O9. The fourth-order valence-corrected chi connectivity index (χ4v) is 7.57. The highest BCUT2D eigenvalue weighted by atomic mass is 19.4. The highest BCUT2D eigenvalue weighted by Crippen LogP contribution is 2.58. The molecule has 0 amide bonds. The molecule has 0 bridgehead atoms. The Bertz CT molecular complexity index is 1540. The van der Waals surface area contributed by atoms with E-state index >= 15 is 0 Å². The maximum Gasteiger partial charge on any atom is 0.432 e. The molecule has 0 aliphatic heterocycles. The van der Waals surface area contributed by atoms with Crippen LogP contribution in [0.25, 0.3) is 0 Å². The van der Waals surface area contributed by atoms with Crippen LogP contribution in [0.15, 0.2) is 72.8 Å². The van der Waals surface area contributed by atoms with Gasteiger partial charge in [-0.3, -0.25) is 0 Å². The second kappa shape index (κ2) is 13.9. The average Bonchev–Trinajstić information content (AvgIpc) is 3.05. The molecule has 276 valence electrons. The van der Waals surface area contributed by atoms with Gasteiger partial charge in [-0.05, 0) is 36.7 Å². The molecule has 2 fully saturated rings. The van der Waals surface area contributed by atoms with Gasteiger partial charge in [-0.2, -0.15) is 26.3 Å². The van der Waals surface area contributed by atoms with Gasteiger partial charge in [0, 0.05) is 30.8 Å². The summed E-state index contributed by atoms with van der Waals surface area (Å²) in [6.45, 7) is 5.76. The topological polar surface area (TPSA) is 132 Å². The third-order valence-electron chi connectivity index (χ3n) is 10.7. The first kappa shape index (κ1) is 39.3. The van der Waals surface area contributed by atoms with Crippen LogP contribution < -0.4 is 0 Å². The lowest BCUT2D eigenvalue weighted by molar-refractivity contribution is -0.282. The number of aliphatic hydroxyl groups excluding tert-OH is 2. The maximum absolute atomic E-state index is 14.5. The van der Waals surface area contributed by atoms with E-state index in [-0.39, 0.29) is 19.3 Å². The third-order valence-corrected chi connectivity index (χ3v) is 10.7. The van der Waals surface area contributed by atoms with Crippen molar-refractivity contribution < 1.29 is 70.2 Å². The number of benzene rings is 2. The van der Waals surface area contributed by atoms with E-state index in [9.17, 15) is 51.3 Å².